The summed E-state index contributed by atoms with van der Waals surface area (Å²) in [6.07, 6.45) is 2.73. The van der Waals surface area contributed by atoms with E-state index in [4.69, 9.17) is 11.6 Å². The summed E-state index contributed by atoms with van der Waals surface area (Å²) < 4.78 is 40.2. The van der Waals surface area contributed by atoms with Gasteiger partial charge in [0.1, 0.15) is 6.23 Å². The molecular weight excluding hydrogens is 445 g/mol. The van der Waals surface area contributed by atoms with Gasteiger partial charge in [0, 0.05) is 39.6 Å². The minimum atomic E-state index is -1.52. The van der Waals surface area contributed by atoms with Crippen LogP contribution in [-0.2, 0) is 0 Å². The van der Waals surface area contributed by atoms with Gasteiger partial charge in [0.2, 0.25) is 0 Å². The Balaban J connectivity index is 1.80. The highest BCUT2D eigenvalue weighted by Crippen LogP contribution is 2.46. The van der Waals surface area contributed by atoms with E-state index in [2.05, 4.69) is 23.8 Å². The molecule has 0 aromatic heterocycles. The zero-order valence-corrected chi connectivity index (χ0v) is 18.8. The van der Waals surface area contributed by atoms with Crippen LogP contribution in [0.15, 0.2) is 46.8 Å². The molecule has 4 unspecified atom stereocenters. The number of aliphatic hydroxyl groups excluding tert-OH is 1. The average molecular weight is 469 g/mol. The summed E-state index contributed by atoms with van der Waals surface area (Å²) in [5.41, 5.74) is 1.11. The Morgan fingerprint density at radius 1 is 1.26 bits per heavy atom. The molecule has 0 saturated heterocycles. The molecule has 1 saturated carbocycles. The van der Waals surface area contributed by atoms with Crippen LogP contribution in [0.4, 0.5) is 18.9 Å². The molecule has 166 valence electrons. The number of halogens is 4. The van der Waals surface area contributed by atoms with Crippen molar-refractivity contribution < 1.29 is 18.3 Å². The molecule has 3 rings (SSSR count). The van der Waals surface area contributed by atoms with Gasteiger partial charge in [0.15, 0.2) is 17.5 Å². The van der Waals surface area contributed by atoms with Crippen LogP contribution in [0.2, 0.25) is 5.02 Å². The van der Waals surface area contributed by atoms with Gasteiger partial charge >= 0.3 is 0 Å². The zero-order valence-electron chi connectivity index (χ0n) is 17.2. The summed E-state index contributed by atoms with van der Waals surface area (Å²) in [6.45, 7) is 7.85. The number of aliphatic imine (C=N–C) groups is 1. The van der Waals surface area contributed by atoms with Crippen molar-refractivity contribution in [2.45, 2.75) is 43.1 Å². The lowest BCUT2D eigenvalue weighted by atomic mass is 10.0. The van der Waals surface area contributed by atoms with Gasteiger partial charge in [-0.2, -0.15) is 0 Å². The second kappa shape index (κ2) is 10.1. The van der Waals surface area contributed by atoms with E-state index in [1.807, 2.05) is 6.07 Å². The predicted octanol–water partition coefficient (Wildman–Crippen LogP) is 6.76. The smallest absolute Gasteiger partial charge is 0.194 e. The molecule has 0 bridgehead atoms. The average Bonchev–Trinajstić information content (AvgIpc) is 3.08. The fraction of sp³-hybridized carbons (Fsp3) is 0.348. The summed E-state index contributed by atoms with van der Waals surface area (Å²) in [5, 5.41) is 13.9. The molecule has 2 aromatic rings. The molecule has 4 atom stereocenters. The highest BCUT2D eigenvalue weighted by molar-refractivity contribution is 8.00. The number of thioether (sulfide) groups is 1. The molecule has 0 radical (unpaired) electrons. The maximum atomic E-state index is 13.5. The van der Waals surface area contributed by atoms with E-state index in [0.29, 0.717) is 22.2 Å². The summed E-state index contributed by atoms with van der Waals surface area (Å²) in [6, 6.07) is 7.05. The minimum Gasteiger partial charge on any atom is -0.371 e. The van der Waals surface area contributed by atoms with Crippen molar-refractivity contribution in [1.82, 2.24) is 0 Å². The summed E-state index contributed by atoms with van der Waals surface area (Å²) >= 11 is 8.02. The van der Waals surface area contributed by atoms with E-state index in [1.165, 1.54) is 0 Å². The van der Waals surface area contributed by atoms with Gasteiger partial charge < -0.3 is 10.4 Å². The fourth-order valence-corrected chi connectivity index (χ4v) is 5.53. The number of benzene rings is 2. The van der Waals surface area contributed by atoms with Crippen LogP contribution in [0.3, 0.4) is 0 Å². The lowest BCUT2D eigenvalue weighted by Crippen LogP contribution is -2.26. The Kier molecular flexibility index (Phi) is 7.73. The molecule has 3 nitrogen and oxygen atoms in total. The minimum absolute atomic E-state index is 0.0161. The largest absolute Gasteiger partial charge is 0.371 e. The number of aliphatic hydroxyl groups is 1. The highest BCUT2D eigenvalue weighted by atomic mass is 35.5. The molecule has 2 aromatic carbocycles. The number of hydrogen-bond acceptors (Lipinski definition) is 4. The van der Waals surface area contributed by atoms with Gasteiger partial charge in [0.25, 0.3) is 0 Å². The number of anilines is 1. The first-order chi connectivity index (χ1) is 14.7. The van der Waals surface area contributed by atoms with E-state index in [0.717, 1.165) is 29.9 Å². The summed E-state index contributed by atoms with van der Waals surface area (Å²) in [5.74, 6) is -3.68. The van der Waals surface area contributed by atoms with Crippen LogP contribution in [0, 0.1) is 29.3 Å². The van der Waals surface area contributed by atoms with Crippen LogP contribution in [0.1, 0.15) is 32.3 Å². The lowest BCUT2D eigenvalue weighted by molar-refractivity contribution is 0.121. The van der Waals surface area contributed by atoms with Crippen molar-refractivity contribution >= 4 is 41.0 Å². The van der Waals surface area contributed by atoms with Crippen molar-refractivity contribution in [2.24, 2.45) is 16.8 Å². The Hall–Kier alpha value is -1.96. The van der Waals surface area contributed by atoms with E-state index in [-0.39, 0.29) is 16.9 Å². The maximum Gasteiger partial charge on any atom is 0.194 e. The molecule has 0 heterocycles. The Labute approximate surface area is 189 Å². The van der Waals surface area contributed by atoms with Crippen LogP contribution in [-0.4, -0.2) is 22.8 Å². The van der Waals surface area contributed by atoms with Crippen molar-refractivity contribution in [2.75, 3.05) is 5.32 Å². The van der Waals surface area contributed by atoms with E-state index >= 15 is 0 Å². The second-order valence-corrected chi connectivity index (χ2v) is 9.25. The molecule has 1 aliphatic carbocycles. The molecule has 2 N–H and O–H groups in total. The van der Waals surface area contributed by atoms with Crippen molar-refractivity contribution in [3.63, 3.8) is 0 Å². The number of nitrogens with one attached hydrogen (secondary N) is 1. The third-order valence-corrected chi connectivity index (χ3v) is 7.56. The third-order valence-electron chi connectivity index (χ3n) is 5.44. The standard InChI is InChI=1S/C23H24ClF3N2OS/c1-4-28-23(30)16-7-5-12(2)22(16)31-20-9-14(6-8-17(20)24)13(3)29-15-10-18(25)21(27)19(26)11-15/h4,6,8-12,16,22-23,29-30H,3,5,7H2,1-2H3. The lowest BCUT2D eigenvalue weighted by Gasteiger charge is -2.25. The van der Waals surface area contributed by atoms with E-state index in [9.17, 15) is 18.3 Å². The van der Waals surface area contributed by atoms with Gasteiger partial charge in [0.05, 0.1) is 5.02 Å². The van der Waals surface area contributed by atoms with Crippen molar-refractivity contribution in [1.29, 1.82) is 0 Å². The fourth-order valence-electron chi connectivity index (χ4n) is 3.79. The number of nitrogens with zero attached hydrogens (tertiary/aromatic N) is 1. The Bertz CT molecular complexity index is 978. The predicted molar refractivity (Wildman–Crippen MR) is 122 cm³/mol. The maximum absolute atomic E-state index is 13.5. The Morgan fingerprint density at radius 3 is 2.58 bits per heavy atom. The SMILES string of the molecule is C=C(Nc1cc(F)c(F)c(F)c1)c1ccc(Cl)c(SC2C(C)CCC2C(O)N=CC)c1. The van der Waals surface area contributed by atoms with Gasteiger partial charge in [-0.3, -0.25) is 4.99 Å². The molecule has 1 aliphatic rings. The van der Waals surface area contributed by atoms with E-state index < -0.39 is 23.7 Å². The highest BCUT2D eigenvalue weighted by Gasteiger charge is 2.38. The molecule has 0 spiro atoms. The van der Waals surface area contributed by atoms with Crippen LogP contribution in [0.5, 0.6) is 0 Å². The normalized spacial score (nSPS) is 22.1. The first-order valence-corrected chi connectivity index (χ1v) is 11.2. The molecule has 1 fully saturated rings. The topological polar surface area (TPSA) is 44.6 Å². The van der Waals surface area contributed by atoms with Gasteiger partial charge in [-0.25, -0.2) is 13.2 Å². The Morgan fingerprint density at radius 2 is 1.94 bits per heavy atom. The first kappa shape index (κ1) is 23.7. The third kappa shape index (κ3) is 5.45. The molecule has 31 heavy (non-hydrogen) atoms. The summed E-state index contributed by atoms with van der Waals surface area (Å²) in [4.78, 5) is 4.96. The second-order valence-electron chi connectivity index (χ2n) is 7.62. The quantitative estimate of drug-likeness (QED) is 0.348. The molecule has 0 aliphatic heterocycles. The number of hydrogen-bond donors (Lipinski definition) is 2. The van der Waals surface area contributed by atoms with Crippen LogP contribution >= 0.6 is 23.4 Å². The summed E-state index contributed by atoms with van der Waals surface area (Å²) in [7, 11) is 0. The van der Waals surface area contributed by atoms with Gasteiger partial charge in [-0.1, -0.05) is 31.2 Å². The van der Waals surface area contributed by atoms with Crippen molar-refractivity contribution in [3.05, 3.63) is 64.9 Å². The molecule has 0 amide bonds. The first-order valence-electron chi connectivity index (χ1n) is 9.94. The van der Waals surface area contributed by atoms with Crippen LogP contribution < -0.4 is 5.32 Å². The number of rotatable bonds is 7. The molecule has 8 heteroatoms. The van der Waals surface area contributed by atoms with Crippen LogP contribution in [0.25, 0.3) is 5.70 Å². The van der Waals surface area contributed by atoms with Crippen molar-refractivity contribution in [3.8, 4) is 0 Å². The molecular formula is C23H24ClF3N2OS. The van der Waals surface area contributed by atoms with E-state index in [1.54, 1.807) is 37.0 Å². The zero-order chi connectivity index (χ0) is 22.7. The monoisotopic (exact) mass is 468 g/mol. The van der Waals surface area contributed by atoms with Gasteiger partial charge in [-0.15, -0.1) is 11.8 Å². The van der Waals surface area contributed by atoms with Gasteiger partial charge in [-0.05, 0) is 49.6 Å².